The first-order valence-corrected chi connectivity index (χ1v) is 35.5. The number of nitrogens with one attached hydrogen (secondary N) is 13. The van der Waals surface area contributed by atoms with Crippen LogP contribution in [-0.2, 0) is 80.0 Å². The molecule has 42 nitrogen and oxygen atoms in total. The van der Waals surface area contributed by atoms with Gasteiger partial charge in [0.05, 0.1) is 38.4 Å². The van der Waals surface area contributed by atoms with E-state index in [1.54, 1.807) is 60.7 Å². The summed E-state index contributed by atoms with van der Waals surface area (Å²) < 4.78 is 0. The van der Waals surface area contributed by atoms with E-state index in [1.807, 2.05) is 0 Å². The van der Waals surface area contributed by atoms with E-state index in [-0.39, 0.29) is 108 Å². The van der Waals surface area contributed by atoms with E-state index in [0.717, 1.165) is 6.92 Å². The highest BCUT2D eigenvalue weighted by atomic mass is 16.3. The second kappa shape index (κ2) is 51.8. The molecular formula is C67H112N26O16. The number of carbonyl (C=O) groups is 14. The predicted molar refractivity (Wildman–Crippen MR) is 401 cm³/mol. The van der Waals surface area contributed by atoms with Crippen molar-refractivity contribution < 1.29 is 77.3 Å². The smallest absolute Gasteiger partial charge is 0.245 e. The fourth-order valence-electron chi connectivity index (χ4n) is 10.2. The number of amides is 14. The van der Waals surface area contributed by atoms with Crippen molar-refractivity contribution in [3.63, 3.8) is 0 Å². The fraction of sp³-hybridized carbons (Fsp3) is 0.567. The molecule has 0 bridgehead atoms. The van der Waals surface area contributed by atoms with Gasteiger partial charge in [0.2, 0.25) is 82.7 Å². The lowest BCUT2D eigenvalue weighted by atomic mass is 10.0. The summed E-state index contributed by atoms with van der Waals surface area (Å²) in [7, 11) is 0. The van der Waals surface area contributed by atoms with Crippen LogP contribution in [0.1, 0.15) is 109 Å². The van der Waals surface area contributed by atoms with Crippen molar-refractivity contribution in [2.24, 2.45) is 72.3 Å². The van der Waals surface area contributed by atoms with Crippen LogP contribution in [0.15, 0.2) is 75.6 Å². The summed E-state index contributed by atoms with van der Waals surface area (Å²) in [4.78, 5) is 200. The minimum absolute atomic E-state index is 0.0215. The normalized spacial score (nSPS) is 14.1. The predicted octanol–water partition coefficient (Wildman–Crippen LogP) is -10.7. The number of hydrogen-bond acceptors (Lipinski definition) is 22. The van der Waals surface area contributed by atoms with Gasteiger partial charge >= 0.3 is 0 Å². The molecule has 0 saturated carbocycles. The molecule has 2 aromatic carbocycles. The quantitative estimate of drug-likeness (QED) is 0.0166. The van der Waals surface area contributed by atoms with Gasteiger partial charge in [-0.05, 0) is 122 Å². The standard InChI is InChI=1S/C67H112N26O16/c1-37(55(100)88-46(25-16-30-80-67(76)77)60(105)90-44(23-11-13-27-69)61(106)92-49(36-94)63(108)85-38(2)56(101)89-45(24-15-29-79-66(74)75)59(104)87-43(54(71)99)22-10-12-26-68)84-51(97)35-83-64(109)53(39(3)95)93-62(107)48(32-41-19-8-5-9-20-41)86-52(98)34-81-50(96)33-82-58(103)47(31-40-17-6-4-7-18-40)91-57(102)42(70)21-14-28-78-65(72)73/h4-9,17-20,37-39,42-49,53,94-95H,10-16,21-36,68-70H2,1-3H3,(H2,71,99)(H,81,96)(H,82,103)(H,83,109)(H,84,97)(H,85,108)(H,86,98)(H,87,104)(H,88,100)(H,89,101)(H,90,105)(H,91,102)(H,92,106)(H,93,107)(H4,72,73,78)(H4,74,75,79)(H4,76,77,80)/t37-,38-,39+,42-,43-,44-,45-,46-,47-,48-,49-,53-/m0/s1. The maximum atomic E-state index is 14.2. The first-order chi connectivity index (χ1) is 51.7. The van der Waals surface area contributed by atoms with Gasteiger partial charge in [-0.3, -0.25) is 82.1 Å². The highest BCUT2D eigenvalue weighted by Gasteiger charge is 2.35. The zero-order valence-electron chi connectivity index (χ0n) is 61.7. The van der Waals surface area contributed by atoms with Crippen molar-refractivity contribution in [2.45, 2.75) is 183 Å². The number of unbranched alkanes of at least 4 members (excludes halogenated alkanes) is 2. The van der Waals surface area contributed by atoms with E-state index in [4.69, 9.17) is 57.3 Å². The van der Waals surface area contributed by atoms with E-state index in [1.165, 1.54) is 13.8 Å². The molecule has 0 aliphatic rings. The minimum Gasteiger partial charge on any atom is -0.394 e. The molecule has 606 valence electrons. The van der Waals surface area contributed by atoms with Crippen molar-refractivity contribution in [3.05, 3.63) is 71.8 Å². The lowest BCUT2D eigenvalue weighted by molar-refractivity contribution is -0.136. The Labute approximate surface area is 631 Å². The van der Waals surface area contributed by atoms with E-state index >= 15 is 0 Å². The first kappa shape index (κ1) is 93.7. The molecule has 14 amide bonds. The van der Waals surface area contributed by atoms with Gasteiger partial charge in [-0.15, -0.1) is 0 Å². The van der Waals surface area contributed by atoms with Gasteiger partial charge in [-0.2, -0.15) is 0 Å². The Bertz CT molecular complexity index is 3380. The molecule has 2 rings (SSSR count). The summed E-state index contributed by atoms with van der Waals surface area (Å²) >= 11 is 0. The van der Waals surface area contributed by atoms with Crippen molar-refractivity contribution in [1.82, 2.24) is 69.1 Å². The molecule has 0 heterocycles. The number of hydrogen-bond donors (Lipinski definition) is 25. The lowest BCUT2D eigenvalue weighted by Gasteiger charge is -2.26. The third-order valence-corrected chi connectivity index (χ3v) is 16.2. The number of rotatable bonds is 53. The Morgan fingerprint density at radius 2 is 0.725 bits per heavy atom. The molecule has 12 atom stereocenters. The molecule has 0 aliphatic heterocycles. The summed E-state index contributed by atoms with van der Waals surface area (Å²) in [5, 5.41) is 52.8. The van der Waals surface area contributed by atoms with Crippen LogP contribution in [0.4, 0.5) is 0 Å². The van der Waals surface area contributed by atoms with Gasteiger partial charge in [0.1, 0.15) is 60.4 Å². The van der Waals surface area contributed by atoms with Crippen LogP contribution in [0.5, 0.6) is 0 Å². The van der Waals surface area contributed by atoms with Crippen LogP contribution in [0, 0.1) is 0 Å². The monoisotopic (exact) mass is 1540 g/mol. The molecule has 0 saturated heterocycles. The molecule has 0 radical (unpaired) electrons. The molecule has 0 spiro atoms. The van der Waals surface area contributed by atoms with E-state index in [9.17, 15) is 77.3 Å². The number of nitrogens with two attached hydrogens (primary N) is 10. The van der Waals surface area contributed by atoms with Crippen molar-refractivity contribution >= 4 is 101 Å². The number of nitrogens with zero attached hydrogens (tertiary/aromatic N) is 3. The summed E-state index contributed by atoms with van der Waals surface area (Å²) in [6, 6.07) is 1.60. The third-order valence-electron chi connectivity index (χ3n) is 16.2. The van der Waals surface area contributed by atoms with Gasteiger partial charge in [-0.25, -0.2) is 0 Å². The Kier molecular flexibility index (Phi) is 44.5. The van der Waals surface area contributed by atoms with E-state index in [0.29, 0.717) is 43.4 Å². The zero-order chi connectivity index (χ0) is 81.5. The average Bonchev–Trinajstić information content (AvgIpc) is 0.875. The molecule has 0 aromatic heterocycles. The second-order valence-corrected chi connectivity index (χ2v) is 25.4. The maximum absolute atomic E-state index is 14.2. The Balaban J connectivity index is 2.20. The van der Waals surface area contributed by atoms with Crippen LogP contribution in [0.25, 0.3) is 0 Å². The number of aliphatic imine (C=N–C) groups is 3. The van der Waals surface area contributed by atoms with Crippen LogP contribution < -0.4 is 126 Å². The van der Waals surface area contributed by atoms with Crippen molar-refractivity contribution in [3.8, 4) is 0 Å². The second-order valence-electron chi connectivity index (χ2n) is 25.4. The van der Waals surface area contributed by atoms with Gasteiger partial charge in [-0.1, -0.05) is 60.7 Å². The summed E-state index contributed by atoms with van der Waals surface area (Å²) in [6.45, 7) is 1.12. The van der Waals surface area contributed by atoms with Gasteiger partial charge in [0.15, 0.2) is 17.9 Å². The highest BCUT2D eigenvalue weighted by Crippen LogP contribution is 2.11. The van der Waals surface area contributed by atoms with Gasteiger partial charge in [0.25, 0.3) is 0 Å². The van der Waals surface area contributed by atoms with E-state index < -0.39 is 182 Å². The summed E-state index contributed by atoms with van der Waals surface area (Å²) in [6.07, 6.45) is 0.417. The number of primary amides is 1. The SMILES string of the molecule is C[C@H](NC(=O)CNC(=O)[C@@H](NC(=O)[C@H](Cc1ccccc1)NC(=O)CNC(=O)CNC(=O)[C@H](Cc1ccccc1)NC(=O)[C@@H](N)CCCN=C(N)N)[C@@H](C)O)C(=O)N[C@@H](CCCN=C(N)N)C(=O)N[C@@H](CCCCN)C(=O)N[C@@H](CO)C(=O)N[C@@H](C)C(=O)N[C@@H](CCCN=C(N)N)C(=O)N[C@@H](CCCCN)C(N)=O. The third kappa shape index (κ3) is 39.2. The van der Waals surface area contributed by atoms with Gasteiger partial charge in [0, 0.05) is 32.5 Å². The number of aliphatic hydroxyl groups excluding tert-OH is 2. The number of aliphatic hydroxyl groups is 2. The lowest BCUT2D eigenvalue weighted by Crippen LogP contribution is -2.60. The molecule has 109 heavy (non-hydrogen) atoms. The summed E-state index contributed by atoms with van der Waals surface area (Å²) in [5.41, 5.74) is 56.7. The zero-order valence-corrected chi connectivity index (χ0v) is 61.7. The average molecular weight is 1540 g/mol. The van der Waals surface area contributed by atoms with Crippen molar-refractivity contribution in [1.29, 1.82) is 0 Å². The Morgan fingerprint density at radius 3 is 1.17 bits per heavy atom. The molecular weight excluding hydrogens is 1420 g/mol. The molecule has 2 aromatic rings. The molecule has 0 aliphatic carbocycles. The molecule has 35 N–H and O–H groups in total. The number of guanidine groups is 3. The van der Waals surface area contributed by atoms with Crippen LogP contribution in [-0.4, -0.2) is 242 Å². The van der Waals surface area contributed by atoms with Crippen molar-refractivity contribution in [2.75, 3.05) is 59.0 Å². The maximum Gasteiger partial charge on any atom is 0.245 e. The van der Waals surface area contributed by atoms with Crippen LogP contribution >= 0.6 is 0 Å². The highest BCUT2D eigenvalue weighted by molar-refractivity contribution is 5.99. The largest absolute Gasteiger partial charge is 0.394 e. The first-order valence-electron chi connectivity index (χ1n) is 35.5. The van der Waals surface area contributed by atoms with Gasteiger partial charge < -0.3 is 137 Å². The number of benzene rings is 2. The number of carbonyl (C=O) groups excluding carboxylic acids is 14. The molecule has 0 unspecified atom stereocenters. The van der Waals surface area contributed by atoms with E-state index in [2.05, 4.69) is 84.1 Å². The molecule has 0 fully saturated rings. The Hall–Kier alpha value is -11.4. The van der Waals surface area contributed by atoms with Crippen LogP contribution in [0.2, 0.25) is 0 Å². The fourth-order valence-corrected chi connectivity index (χ4v) is 10.2. The van der Waals surface area contributed by atoms with Crippen LogP contribution in [0.3, 0.4) is 0 Å². The topological polar surface area (TPSA) is 733 Å². The minimum atomic E-state index is -1.76. The molecule has 42 heteroatoms. The summed E-state index contributed by atoms with van der Waals surface area (Å²) in [5.74, 6) is -13.3. The Morgan fingerprint density at radius 1 is 0.367 bits per heavy atom.